The van der Waals surface area contributed by atoms with E-state index in [1.54, 1.807) is 0 Å². The summed E-state index contributed by atoms with van der Waals surface area (Å²) in [6.45, 7) is 13.8. The Labute approximate surface area is 249 Å². The smallest absolute Gasteiger partial charge is 0.303 e. The molecule has 9 nitrogen and oxygen atoms in total. The van der Waals surface area contributed by atoms with Crippen molar-refractivity contribution < 1.29 is 43.2 Å². The number of aliphatic hydroxyl groups is 1. The van der Waals surface area contributed by atoms with E-state index in [9.17, 15) is 19.5 Å². The molecule has 0 amide bonds. The molecule has 6 aliphatic rings. The van der Waals surface area contributed by atoms with Crippen LogP contribution in [0.1, 0.15) is 99.8 Å². The zero-order valence-electron chi connectivity index (χ0n) is 26.4. The molecule has 2 heterocycles. The van der Waals surface area contributed by atoms with Crippen molar-refractivity contribution in [1.29, 1.82) is 0 Å². The number of hydrogen-bond acceptors (Lipinski definition) is 9. The summed E-state index contributed by atoms with van der Waals surface area (Å²) in [5, 5.41) is 12.7. The van der Waals surface area contributed by atoms with Crippen LogP contribution in [0.4, 0.5) is 0 Å². The molecular weight excluding hydrogens is 540 g/mol. The van der Waals surface area contributed by atoms with Gasteiger partial charge in [-0.05, 0) is 73.5 Å². The number of hydrogen-bond donors (Lipinski definition) is 1. The van der Waals surface area contributed by atoms with Crippen molar-refractivity contribution >= 4 is 17.9 Å². The SMILES string of the molecule is CC(=O)OC1CC(OC(C)=O)C2(C)C3CCC4(C)C(CC5OC6(CCC(C)CO6)C(C)C54)C3CCC2(O)C1OC(C)=O. The minimum Gasteiger partial charge on any atom is -0.462 e. The predicted molar refractivity (Wildman–Crippen MR) is 151 cm³/mol. The van der Waals surface area contributed by atoms with E-state index in [2.05, 4.69) is 20.8 Å². The van der Waals surface area contributed by atoms with Gasteiger partial charge in [0.2, 0.25) is 0 Å². The van der Waals surface area contributed by atoms with Gasteiger partial charge < -0.3 is 28.8 Å². The van der Waals surface area contributed by atoms with E-state index in [1.165, 1.54) is 20.8 Å². The van der Waals surface area contributed by atoms with E-state index in [0.717, 1.165) is 45.1 Å². The summed E-state index contributed by atoms with van der Waals surface area (Å²) in [6.07, 6.45) is 3.67. The van der Waals surface area contributed by atoms with Crippen molar-refractivity contribution in [2.24, 2.45) is 46.3 Å². The summed E-state index contributed by atoms with van der Waals surface area (Å²) < 4.78 is 30.8. The third-order valence-electron chi connectivity index (χ3n) is 13.1. The highest BCUT2D eigenvalue weighted by Crippen LogP contribution is 2.72. The monoisotopic (exact) mass is 590 g/mol. The van der Waals surface area contributed by atoms with Gasteiger partial charge in [-0.3, -0.25) is 14.4 Å². The number of carbonyl (C=O) groups is 3. The molecule has 0 radical (unpaired) electrons. The molecule has 42 heavy (non-hydrogen) atoms. The molecule has 1 spiro atoms. The Morgan fingerprint density at radius 3 is 2.14 bits per heavy atom. The zero-order valence-corrected chi connectivity index (χ0v) is 26.4. The summed E-state index contributed by atoms with van der Waals surface area (Å²) in [5.74, 6) is -0.00149. The van der Waals surface area contributed by atoms with Gasteiger partial charge in [-0.1, -0.05) is 27.7 Å². The lowest BCUT2D eigenvalue weighted by molar-refractivity contribution is -0.307. The van der Waals surface area contributed by atoms with Crippen molar-refractivity contribution in [3.8, 4) is 0 Å². The van der Waals surface area contributed by atoms with Gasteiger partial charge in [-0.15, -0.1) is 0 Å². The van der Waals surface area contributed by atoms with E-state index in [4.69, 9.17) is 23.7 Å². The molecule has 236 valence electrons. The Balaban J connectivity index is 1.34. The van der Waals surface area contributed by atoms with Crippen molar-refractivity contribution in [1.82, 2.24) is 0 Å². The van der Waals surface area contributed by atoms with E-state index in [0.29, 0.717) is 36.0 Å². The molecule has 0 aromatic carbocycles. The Kier molecular flexibility index (Phi) is 7.34. The normalized spacial score (nSPS) is 52.9. The van der Waals surface area contributed by atoms with Crippen LogP contribution in [-0.4, -0.2) is 65.4 Å². The van der Waals surface area contributed by atoms with E-state index < -0.39 is 53.0 Å². The lowest BCUT2D eigenvalue weighted by atomic mass is 9.41. The first-order chi connectivity index (χ1) is 19.7. The third-order valence-corrected chi connectivity index (χ3v) is 13.1. The summed E-state index contributed by atoms with van der Waals surface area (Å²) in [6, 6.07) is 0. The molecule has 14 unspecified atom stereocenters. The second-order valence-electron chi connectivity index (χ2n) is 15.2. The van der Waals surface area contributed by atoms with Gasteiger partial charge in [0.15, 0.2) is 11.9 Å². The maximum atomic E-state index is 12.7. The van der Waals surface area contributed by atoms with Gasteiger partial charge in [0.25, 0.3) is 0 Å². The largest absolute Gasteiger partial charge is 0.462 e. The van der Waals surface area contributed by atoms with Gasteiger partial charge in [-0.25, -0.2) is 0 Å². The number of carbonyl (C=O) groups excluding carboxylic acids is 3. The van der Waals surface area contributed by atoms with Gasteiger partial charge in [0.1, 0.15) is 17.8 Å². The molecule has 6 rings (SSSR count). The van der Waals surface area contributed by atoms with Crippen molar-refractivity contribution in [2.45, 2.75) is 136 Å². The van der Waals surface area contributed by atoms with Crippen molar-refractivity contribution in [2.75, 3.05) is 6.61 Å². The lowest BCUT2D eigenvalue weighted by Crippen LogP contribution is -2.75. The Morgan fingerprint density at radius 1 is 0.833 bits per heavy atom. The fourth-order valence-corrected chi connectivity index (χ4v) is 11.3. The van der Waals surface area contributed by atoms with Crippen LogP contribution < -0.4 is 0 Å². The van der Waals surface area contributed by atoms with Crippen LogP contribution >= 0.6 is 0 Å². The second-order valence-corrected chi connectivity index (χ2v) is 15.2. The molecule has 9 heteroatoms. The lowest BCUT2D eigenvalue weighted by Gasteiger charge is -2.66. The maximum absolute atomic E-state index is 12.7. The molecule has 2 saturated heterocycles. The summed E-state index contributed by atoms with van der Waals surface area (Å²) in [7, 11) is 0. The van der Waals surface area contributed by atoms with Crippen molar-refractivity contribution in [3.63, 3.8) is 0 Å². The molecule has 0 aromatic rings. The van der Waals surface area contributed by atoms with Gasteiger partial charge in [-0.2, -0.15) is 0 Å². The molecule has 4 saturated carbocycles. The number of fused-ring (bicyclic) bond motifs is 7. The first-order valence-electron chi connectivity index (χ1n) is 16.2. The van der Waals surface area contributed by atoms with E-state index >= 15 is 0 Å². The summed E-state index contributed by atoms with van der Waals surface area (Å²) in [5.41, 5.74) is -2.34. The van der Waals surface area contributed by atoms with Gasteiger partial charge in [0.05, 0.1) is 12.7 Å². The highest BCUT2D eigenvalue weighted by molar-refractivity contribution is 5.68. The standard InChI is InChI=1S/C33H50O9/c1-17-8-13-33(38-16-17)18(2)28-25(42-33)14-24-22-9-12-32(37)29(41-21(5)36)26(39-19(3)34)15-27(40-20(4)35)31(32,7)23(22)10-11-30(24,28)6/h17-18,22-29,37H,8-16H2,1-7H3. The Morgan fingerprint density at radius 2 is 1.52 bits per heavy atom. The fraction of sp³-hybridized carbons (Fsp3) is 0.909. The molecule has 14 atom stereocenters. The average Bonchev–Trinajstić information content (AvgIpc) is 3.34. The van der Waals surface area contributed by atoms with Crippen LogP contribution in [0.5, 0.6) is 0 Å². The van der Waals surface area contributed by atoms with Crippen molar-refractivity contribution in [3.05, 3.63) is 0 Å². The fourth-order valence-electron chi connectivity index (χ4n) is 11.3. The van der Waals surface area contributed by atoms with Gasteiger partial charge in [0, 0.05) is 44.9 Å². The second kappa shape index (κ2) is 10.2. The molecular formula is C33H50O9. The first kappa shape index (κ1) is 30.3. The summed E-state index contributed by atoms with van der Waals surface area (Å²) in [4.78, 5) is 36.8. The predicted octanol–water partition coefficient (Wildman–Crippen LogP) is 4.56. The van der Waals surface area contributed by atoms with Crippen LogP contribution in [-0.2, 0) is 38.1 Å². The molecule has 6 fully saturated rings. The van der Waals surface area contributed by atoms with Crippen LogP contribution in [0, 0.1) is 46.3 Å². The van der Waals surface area contributed by atoms with Crippen LogP contribution in [0.2, 0.25) is 0 Å². The van der Waals surface area contributed by atoms with Crippen LogP contribution in [0.15, 0.2) is 0 Å². The highest BCUT2D eigenvalue weighted by atomic mass is 16.7. The topological polar surface area (TPSA) is 118 Å². The number of rotatable bonds is 3. The minimum atomic E-state index is -1.53. The molecule has 0 aromatic heterocycles. The molecule has 2 aliphatic heterocycles. The Hall–Kier alpha value is -1.71. The first-order valence-corrected chi connectivity index (χ1v) is 16.2. The van der Waals surface area contributed by atoms with E-state index in [1.807, 2.05) is 6.92 Å². The van der Waals surface area contributed by atoms with Gasteiger partial charge >= 0.3 is 17.9 Å². The quantitative estimate of drug-likeness (QED) is 0.373. The molecule has 0 bridgehead atoms. The van der Waals surface area contributed by atoms with E-state index in [-0.39, 0.29) is 23.9 Å². The Bertz CT molecular complexity index is 1110. The summed E-state index contributed by atoms with van der Waals surface area (Å²) >= 11 is 0. The number of esters is 3. The minimum absolute atomic E-state index is 0.0323. The zero-order chi connectivity index (χ0) is 30.4. The highest BCUT2D eigenvalue weighted by Gasteiger charge is 2.75. The van der Waals surface area contributed by atoms with Crippen LogP contribution in [0.3, 0.4) is 0 Å². The number of ether oxygens (including phenoxy) is 5. The average molecular weight is 591 g/mol. The maximum Gasteiger partial charge on any atom is 0.303 e. The molecule has 1 N–H and O–H groups in total. The third kappa shape index (κ3) is 4.22. The molecule has 4 aliphatic carbocycles. The van der Waals surface area contributed by atoms with Crippen LogP contribution in [0.25, 0.3) is 0 Å².